The Bertz CT molecular complexity index is 1610. The zero-order valence-electron chi connectivity index (χ0n) is 22.8. The van der Waals surface area contributed by atoms with E-state index in [0.717, 1.165) is 12.8 Å². The molecule has 8 heteroatoms. The number of hydrogen-bond donors (Lipinski definition) is 0. The zero-order chi connectivity index (χ0) is 28.2. The summed E-state index contributed by atoms with van der Waals surface area (Å²) in [4.78, 5) is 41.5. The van der Waals surface area contributed by atoms with Gasteiger partial charge in [0.25, 0.3) is 5.91 Å². The van der Waals surface area contributed by atoms with Crippen LogP contribution < -0.4 is 19.8 Å². The Morgan fingerprint density at radius 2 is 1.68 bits per heavy atom. The number of carbonyl (C=O) groups is 2. The summed E-state index contributed by atoms with van der Waals surface area (Å²) in [5, 5.41) is 0.392. The largest absolute Gasteiger partial charge is 0.490 e. The highest BCUT2D eigenvalue weighted by Crippen LogP contribution is 2.43. The van der Waals surface area contributed by atoms with Gasteiger partial charge in [0.05, 0.1) is 42.4 Å². The number of esters is 1. The molecule has 4 aromatic rings. The lowest BCUT2D eigenvalue weighted by atomic mass is 9.97. The van der Waals surface area contributed by atoms with Crippen LogP contribution in [0.25, 0.3) is 11.0 Å². The third kappa shape index (κ3) is 4.93. The number of anilines is 1. The minimum absolute atomic E-state index is 0.00981. The van der Waals surface area contributed by atoms with Gasteiger partial charge in [-0.1, -0.05) is 31.5 Å². The van der Waals surface area contributed by atoms with Crippen molar-refractivity contribution in [3.05, 3.63) is 99.4 Å². The quantitative estimate of drug-likeness (QED) is 0.172. The van der Waals surface area contributed by atoms with E-state index in [-0.39, 0.29) is 23.4 Å². The SMILES string of the molecule is CCCCOc1ccc(C2c3c(oc4ccccc4c3=O)C(=O)N2c2ccc(C(=O)OCC)cc2)cc1OCC. The Balaban J connectivity index is 1.66. The van der Waals surface area contributed by atoms with Gasteiger partial charge in [-0.2, -0.15) is 0 Å². The molecule has 1 aromatic heterocycles. The summed E-state index contributed by atoms with van der Waals surface area (Å²) in [5.74, 6) is 0.210. The highest BCUT2D eigenvalue weighted by molar-refractivity contribution is 6.10. The second kappa shape index (κ2) is 11.7. The van der Waals surface area contributed by atoms with Crippen LogP contribution >= 0.6 is 0 Å². The molecule has 3 aromatic carbocycles. The lowest BCUT2D eigenvalue weighted by molar-refractivity contribution is 0.0526. The van der Waals surface area contributed by atoms with E-state index in [2.05, 4.69) is 6.92 Å². The number of ether oxygens (including phenoxy) is 3. The van der Waals surface area contributed by atoms with Crippen molar-refractivity contribution in [2.24, 2.45) is 0 Å². The normalized spacial score (nSPS) is 14.3. The van der Waals surface area contributed by atoms with E-state index in [4.69, 9.17) is 18.6 Å². The van der Waals surface area contributed by atoms with Crippen LogP contribution in [-0.2, 0) is 4.74 Å². The van der Waals surface area contributed by atoms with Gasteiger partial charge in [-0.25, -0.2) is 4.79 Å². The fraction of sp³-hybridized carbons (Fsp3) is 0.281. The standard InChI is InChI=1S/C32H31NO7/c1-4-7-18-39-25-17-14-21(19-26(25)37-5-2)28-27-29(34)23-10-8-9-11-24(23)40-30(27)31(35)33(28)22-15-12-20(13-16-22)32(36)38-6-3/h8-17,19,28H,4-7,18H2,1-3H3. The van der Waals surface area contributed by atoms with Crippen LogP contribution in [0.3, 0.4) is 0 Å². The summed E-state index contributed by atoms with van der Waals surface area (Å²) in [6, 6.07) is 18.1. The molecule has 0 N–H and O–H groups in total. The number of benzene rings is 3. The number of rotatable bonds is 10. The van der Waals surface area contributed by atoms with Gasteiger partial charge in [0.1, 0.15) is 5.58 Å². The van der Waals surface area contributed by atoms with Gasteiger partial charge < -0.3 is 18.6 Å². The second-order valence-corrected chi connectivity index (χ2v) is 9.36. The molecule has 5 rings (SSSR count). The van der Waals surface area contributed by atoms with Crippen LogP contribution in [0.1, 0.15) is 71.7 Å². The van der Waals surface area contributed by atoms with Gasteiger partial charge in [-0.15, -0.1) is 0 Å². The molecule has 0 bridgehead atoms. The van der Waals surface area contributed by atoms with Crippen LogP contribution in [0.5, 0.6) is 11.5 Å². The summed E-state index contributed by atoms with van der Waals surface area (Å²) in [6.07, 6.45) is 1.90. The van der Waals surface area contributed by atoms with E-state index >= 15 is 0 Å². The molecule has 1 aliphatic rings. The molecule has 1 amide bonds. The first-order valence-electron chi connectivity index (χ1n) is 13.5. The molecule has 40 heavy (non-hydrogen) atoms. The molecule has 1 atom stereocenters. The van der Waals surface area contributed by atoms with E-state index in [1.807, 2.05) is 25.1 Å². The van der Waals surface area contributed by atoms with Crippen LogP contribution in [0.4, 0.5) is 5.69 Å². The third-order valence-electron chi connectivity index (χ3n) is 6.77. The topological polar surface area (TPSA) is 95.3 Å². The molecular formula is C32H31NO7. The molecule has 2 heterocycles. The van der Waals surface area contributed by atoms with Crippen LogP contribution in [0, 0.1) is 0 Å². The summed E-state index contributed by atoms with van der Waals surface area (Å²) >= 11 is 0. The molecule has 0 radical (unpaired) electrons. The molecule has 0 saturated carbocycles. The zero-order valence-corrected chi connectivity index (χ0v) is 22.8. The van der Waals surface area contributed by atoms with Gasteiger partial charge in [0.15, 0.2) is 16.9 Å². The Labute approximate surface area is 232 Å². The maximum absolute atomic E-state index is 13.9. The van der Waals surface area contributed by atoms with Crippen LogP contribution in [0.2, 0.25) is 0 Å². The number of amides is 1. The van der Waals surface area contributed by atoms with Gasteiger partial charge in [0.2, 0.25) is 5.76 Å². The van der Waals surface area contributed by atoms with Gasteiger partial charge in [-0.05, 0) is 74.4 Å². The van der Waals surface area contributed by atoms with Crippen LogP contribution in [0.15, 0.2) is 75.9 Å². The third-order valence-corrected chi connectivity index (χ3v) is 6.77. The first kappa shape index (κ1) is 27.0. The minimum Gasteiger partial charge on any atom is -0.490 e. The number of nitrogens with zero attached hydrogens (tertiary/aromatic N) is 1. The molecule has 0 fully saturated rings. The Hall–Kier alpha value is -4.59. The highest BCUT2D eigenvalue weighted by atomic mass is 16.5. The predicted octanol–water partition coefficient (Wildman–Crippen LogP) is 6.30. The average molecular weight is 542 g/mol. The van der Waals surface area contributed by atoms with Crippen molar-refractivity contribution in [2.75, 3.05) is 24.7 Å². The fourth-order valence-electron chi connectivity index (χ4n) is 4.88. The summed E-state index contributed by atoms with van der Waals surface area (Å²) in [6.45, 7) is 6.93. The van der Waals surface area contributed by atoms with E-state index in [1.165, 1.54) is 4.90 Å². The first-order chi connectivity index (χ1) is 19.5. The van der Waals surface area contributed by atoms with Crippen molar-refractivity contribution >= 4 is 28.5 Å². The van der Waals surface area contributed by atoms with Gasteiger partial charge in [0, 0.05) is 5.69 Å². The Morgan fingerprint density at radius 1 is 0.900 bits per heavy atom. The van der Waals surface area contributed by atoms with Crippen LogP contribution in [-0.4, -0.2) is 31.7 Å². The van der Waals surface area contributed by atoms with Crippen molar-refractivity contribution in [2.45, 2.75) is 39.7 Å². The van der Waals surface area contributed by atoms with E-state index in [9.17, 15) is 14.4 Å². The molecule has 1 aliphatic heterocycles. The maximum atomic E-state index is 13.9. The molecule has 0 aliphatic carbocycles. The Morgan fingerprint density at radius 3 is 2.40 bits per heavy atom. The second-order valence-electron chi connectivity index (χ2n) is 9.36. The molecule has 206 valence electrons. The number of hydrogen-bond acceptors (Lipinski definition) is 7. The Kier molecular flexibility index (Phi) is 7.86. The molecule has 1 unspecified atom stereocenters. The van der Waals surface area contributed by atoms with Crippen molar-refractivity contribution < 1.29 is 28.2 Å². The van der Waals surface area contributed by atoms with E-state index < -0.39 is 17.9 Å². The number of fused-ring (bicyclic) bond motifs is 2. The molecule has 0 saturated heterocycles. The van der Waals surface area contributed by atoms with Crippen molar-refractivity contribution in [1.29, 1.82) is 0 Å². The van der Waals surface area contributed by atoms with E-state index in [0.29, 0.717) is 52.5 Å². The average Bonchev–Trinajstić information content (AvgIpc) is 3.26. The van der Waals surface area contributed by atoms with Gasteiger partial charge in [-0.3, -0.25) is 14.5 Å². The number of para-hydroxylation sites is 1. The van der Waals surface area contributed by atoms with Crippen molar-refractivity contribution in [3.63, 3.8) is 0 Å². The molecule has 0 spiro atoms. The monoisotopic (exact) mass is 541 g/mol. The highest BCUT2D eigenvalue weighted by Gasteiger charge is 2.44. The van der Waals surface area contributed by atoms with Crippen molar-refractivity contribution in [1.82, 2.24) is 0 Å². The van der Waals surface area contributed by atoms with Gasteiger partial charge >= 0.3 is 5.97 Å². The maximum Gasteiger partial charge on any atom is 0.338 e. The molecular weight excluding hydrogens is 510 g/mol. The van der Waals surface area contributed by atoms with E-state index in [1.54, 1.807) is 55.5 Å². The molecule has 8 nitrogen and oxygen atoms in total. The lowest BCUT2D eigenvalue weighted by Gasteiger charge is -2.26. The number of unbranched alkanes of at least 4 members (excludes halogenated alkanes) is 1. The van der Waals surface area contributed by atoms with Crippen molar-refractivity contribution in [3.8, 4) is 11.5 Å². The fourth-order valence-corrected chi connectivity index (χ4v) is 4.88. The first-order valence-corrected chi connectivity index (χ1v) is 13.5. The lowest BCUT2D eigenvalue weighted by Crippen LogP contribution is -2.29. The minimum atomic E-state index is -0.791. The predicted molar refractivity (Wildman–Crippen MR) is 152 cm³/mol. The number of carbonyl (C=O) groups excluding carboxylic acids is 2. The summed E-state index contributed by atoms with van der Waals surface area (Å²) < 4.78 is 23.0. The summed E-state index contributed by atoms with van der Waals surface area (Å²) in [5.41, 5.74) is 1.84. The smallest absolute Gasteiger partial charge is 0.338 e. The summed E-state index contributed by atoms with van der Waals surface area (Å²) in [7, 11) is 0.